The van der Waals surface area contributed by atoms with Crippen molar-refractivity contribution in [2.24, 2.45) is 0 Å². The highest BCUT2D eigenvalue weighted by molar-refractivity contribution is 6.31. The van der Waals surface area contributed by atoms with Crippen LogP contribution < -0.4 is 10.1 Å². The first-order valence-electron chi connectivity index (χ1n) is 7.55. The molecule has 0 saturated carbocycles. The van der Waals surface area contributed by atoms with Gasteiger partial charge in [-0.05, 0) is 36.4 Å². The Bertz CT molecular complexity index is 1140. The second-order valence-electron chi connectivity index (χ2n) is 5.53. The van der Waals surface area contributed by atoms with Crippen LogP contribution in [0.15, 0.2) is 48.8 Å². The number of nitrogens with zero attached hydrogens (tertiary/aromatic N) is 3. The van der Waals surface area contributed by atoms with E-state index in [4.69, 9.17) is 11.6 Å². The van der Waals surface area contributed by atoms with E-state index < -0.39 is 12.2 Å². The molecule has 1 N–H and O–H groups in total. The van der Waals surface area contributed by atoms with Crippen molar-refractivity contribution in [3.05, 3.63) is 59.6 Å². The molecule has 0 atom stereocenters. The maximum atomic E-state index is 14.3. The van der Waals surface area contributed by atoms with E-state index in [-0.39, 0.29) is 16.3 Å². The van der Waals surface area contributed by atoms with Crippen LogP contribution in [-0.2, 0) is 0 Å². The molecule has 10 heteroatoms. The largest absolute Gasteiger partial charge is 0.573 e. The summed E-state index contributed by atoms with van der Waals surface area (Å²) in [6, 6.07) is 7.80. The van der Waals surface area contributed by atoms with Crippen molar-refractivity contribution in [1.82, 2.24) is 14.4 Å². The molecule has 0 bridgehead atoms. The minimum Gasteiger partial charge on any atom is -0.406 e. The van der Waals surface area contributed by atoms with Crippen LogP contribution in [0.3, 0.4) is 0 Å². The van der Waals surface area contributed by atoms with Crippen molar-refractivity contribution < 1.29 is 22.3 Å². The normalized spacial score (nSPS) is 11.9. The Hall–Kier alpha value is -3.07. The number of ether oxygens (including phenoxy) is 1. The van der Waals surface area contributed by atoms with Crippen molar-refractivity contribution >= 4 is 39.8 Å². The molecule has 0 aliphatic rings. The molecule has 0 aliphatic carbocycles. The summed E-state index contributed by atoms with van der Waals surface area (Å²) >= 11 is 5.90. The molecule has 4 rings (SSSR count). The zero-order valence-electron chi connectivity index (χ0n) is 13.3. The standard InChI is InChI=1S/C17H9ClF4N4O/c18-9-7-12(19)14-13(8-9)25-15(16-23-5-6-26(14)16)24-10-1-3-11(4-2-10)27-17(20,21)22/h1-8H,(H,24,25). The third kappa shape index (κ3) is 3.45. The van der Waals surface area contributed by atoms with Crippen LogP contribution in [0.1, 0.15) is 0 Å². The lowest BCUT2D eigenvalue weighted by Gasteiger charge is -2.12. The second kappa shape index (κ2) is 6.27. The fourth-order valence-corrected chi connectivity index (χ4v) is 2.87. The average molecular weight is 397 g/mol. The maximum Gasteiger partial charge on any atom is 0.573 e. The molecular weight excluding hydrogens is 388 g/mol. The highest BCUT2D eigenvalue weighted by atomic mass is 35.5. The van der Waals surface area contributed by atoms with Gasteiger partial charge in [-0.25, -0.2) is 14.4 Å². The van der Waals surface area contributed by atoms with Crippen LogP contribution >= 0.6 is 11.6 Å². The minimum atomic E-state index is -4.76. The zero-order valence-corrected chi connectivity index (χ0v) is 14.0. The molecule has 0 aliphatic heterocycles. The number of nitrogens with one attached hydrogen (secondary N) is 1. The summed E-state index contributed by atoms with van der Waals surface area (Å²) in [7, 11) is 0. The van der Waals surface area contributed by atoms with Gasteiger partial charge in [-0.15, -0.1) is 13.2 Å². The smallest absolute Gasteiger partial charge is 0.406 e. The lowest BCUT2D eigenvalue weighted by Crippen LogP contribution is -2.17. The molecule has 0 saturated heterocycles. The summed E-state index contributed by atoms with van der Waals surface area (Å²) < 4.78 is 56.4. The van der Waals surface area contributed by atoms with Gasteiger partial charge in [0.1, 0.15) is 11.3 Å². The number of benzene rings is 2. The Kier molecular flexibility index (Phi) is 4.03. The first-order valence-corrected chi connectivity index (χ1v) is 7.92. The molecule has 5 nitrogen and oxygen atoms in total. The Morgan fingerprint density at radius 2 is 1.85 bits per heavy atom. The number of aromatic nitrogens is 3. The maximum absolute atomic E-state index is 14.3. The predicted octanol–water partition coefficient (Wildman–Crippen LogP) is 5.32. The molecule has 0 amide bonds. The van der Waals surface area contributed by atoms with Gasteiger partial charge < -0.3 is 10.1 Å². The van der Waals surface area contributed by atoms with Crippen LogP contribution in [0.4, 0.5) is 29.1 Å². The highest BCUT2D eigenvalue weighted by Crippen LogP contribution is 2.29. The van der Waals surface area contributed by atoms with Gasteiger partial charge in [0, 0.05) is 23.1 Å². The molecular formula is C17H9ClF4N4O. The van der Waals surface area contributed by atoms with E-state index in [1.807, 2.05) is 0 Å². The molecule has 2 aromatic carbocycles. The summed E-state index contributed by atoms with van der Waals surface area (Å²) in [4.78, 5) is 8.50. The van der Waals surface area contributed by atoms with Crippen molar-refractivity contribution in [3.8, 4) is 5.75 Å². The molecule has 4 aromatic rings. The zero-order chi connectivity index (χ0) is 19.2. The molecule has 138 valence electrons. The van der Waals surface area contributed by atoms with Crippen LogP contribution in [0.25, 0.3) is 16.7 Å². The Morgan fingerprint density at radius 1 is 1.11 bits per heavy atom. The number of alkyl halides is 3. The number of hydrogen-bond acceptors (Lipinski definition) is 4. The van der Waals surface area contributed by atoms with Gasteiger partial charge >= 0.3 is 6.36 Å². The topological polar surface area (TPSA) is 51.5 Å². The van der Waals surface area contributed by atoms with E-state index in [9.17, 15) is 17.6 Å². The lowest BCUT2D eigenvalue weighted by atomic mass is 10.2. The summed E-state index contributed by atoms with van der Waals surface area (Å²) in [5.41, 5.74) is 1.31. The Balaban J connectivity index is 1.74. The SMILES string of the molecule is Fc1cc(Cl)cc2nc(Nc3ccc(OC(F)(F)F)cc3)c3nccn3c12. The number of hydrogen-bond donors (Lipinski definition) is 1. The first kappa shape index (κ1) is 17.3. The first-order chi connectivity index (χ1) is 12.8. The number of imidazole rings is 1. The van der Waals surface area contributed by atoms with Gasteiger partial charge in [0.2, 0.25) is 0 Å². The van der Waals surface area contributed by atoms with Gasteiger partial charge in [-0.3, -0.25) is 4.40 Å². The van der Waals surface area contributed by atoms with Crippen molar-refractivity contribution in [2.75, 3.05) is 5.32 Å². The summed E-state index contributed by atoms with van der Waals surface area (Å²) in [6.07, 6.45) is -1.71. The third-order valence-corrected chi connectivity index (χ3v) is 3.90. The molecule has 0 radical (unpaired) electrons. The van der Waals surface area contributed by atoms with Gasteiger partial charge in [0.25, 0.3) is 0 Å². The summed E-state index contributed by atoms with van der Waals surface area (Å²) in [5, 5.41) is 3.14. The van der Waals surface area contributed by atoms with Crippen LogP contribution in [0.5, 0.6) is 5.75 Å². The van der Waals surface area contributed by atoms with E-state index in [1.165, 1.54) is 34.9 Å². The van der Waals surface area contributed by atoms with Crippen LogP contribution in [0, 0.1) is 5.82 Å². The molecule has 27 heavy (non-hydrogen) atoms. The molecule has 2 aromatic heterocycles. The Labute approximate surface area is 154 Å². The van der Waals surface area contributed by atoms with Crippen LogP contribution in [0.2, 0.25) is 5.02 Å². The number of anilines is 2. The van der Waals surface area contributed by atoms with Gasteiger partial charge in [0.05, 0.1) is 5.52 Å². The Morgan fingerprint density at radius 3 is 2.56 bits per heavy atom. The van der Waals surface area contributed by atoms with Crippen molar-refractivity contribution in [3.63, 3.8) is 0 Å². The van der Waals surface area contributed by atoms with E-state index in [0.717, 1.165) is 12.1 Å². The summed E-state index contributed by atoms with van der Waals surface area (Å²) in [5.74, 6) is -0.605. The number of fused-ring (bicyclic) bond motifs is 3. The van der Waals surface area contributed by atoms with Gasteiger partial charge in [-0.1, -0.05) is 11.6 Å². The van der Waals surface area contributed by atoms with Crippen molar-refractivity contribution in [1.29, 1.82) is 0 Å². The predicted molar refractivity (Wildman–Crippen MR) is 91.9 cm³/mol. The van der Waals surface area contributed by atoms with E-state index >= 15 is 0 Å². The number of rotatable bonds is 3. The molecule has 0 spiro atoms. The van der Waals surface area contributed by atoms with Gasteiger partial charge in [-0.2, -0.15) is 0 Å². The van der Waals surface area contributed by atoms with E-state index in [2.05, 4.69) is 20.0 Å². The lowest BCUT2D eigenvalue weighted by molar-refractivity contribution is -0.274. The summed E-state index contributed by atoms with van der Waals surface area (Å²) in [6.45, 7) is 0. The monoisotopic (exact) mass is 396 g/mol. The fourth-order valence-electron chi connectivity index (χ4n) is 2.67. The van der Waals surface area contributed by atoms with Crippen LogP contribution in [-0.4, -0.2) is 20.7 Å². The molecule has 0 fully saturated rings. The fraction of sp³-hybridized carbons (Fsp3) is 0.0588. The average Bonchev–Trinajstić information content (AvgIpc) is 3.04. The van der Waals surface area contributed by atoms with Gasteiger partial charge in [0.15, 0.2) is 17.3 Å². The quantitative estimate of drug-likeness (QED) is 0.476. The highest BCUT2D eigenvalue weighted by Gasteiger charge is 2.31. The molecule has 2 heterocycles. The molecule has 0 unspecified atom stereocenters. The van der Waals surface area contributed by atoms with Crippen molar-refractivity contribution in [2.45, 2.75) is 6.36 Å². The third-order valence-electron chi connectivity index (χ3n) is 3.68. The van der Waals surface area contributed by atoms with E-state index in [1.54, 1.807) is 6.20 Å². The number of halogens is 5. The second-order valence-corrected chi connectivity index (χ2v) is 5.97. The van der Waals surface area contributed by atoms with E-state index in [0.29, 0.717) is 22.7 Å². The minimum absolute atomic E-state index is 0.187.